The van der Waals surface area contributed by atoms with E-state index >= 15 is 0 Å². The second kappa shape index (κ2) is 14.9. The van der Waals surface area contributed by atoms with Crippen LogP contribution in [-0.4, -0.2) is 17.8 Å². The molecule has 0 aromatic heterocycles. The standard InChI is InChI=1S/C36H47NO4/c1-8-9-11-16-29(22-35(39)37-33-21-28(26(4)38)17-20-32(33)36(5,6)7)31-19-18-30(23-34(31)41-25(2)3)40-24-27-14-12-10-13-15-27/h10,12-15,17-21,23,25,29H,8-9,11,16,22,24H2,1-7H3,(H,37,39). The highest BCUT2D eigenvalue weighted by Crippen LogP contribution is 2.37. The van der Waals surface area contributed by atoms with Crippen molar-refractivity contribution >= 4 is 17.4 Å². The Balaban J connectivity index is 1.88. The van der Waals surface area contributed by atoms with Gasteiger partial charge in [-0.1, -0.05) is 95.5 Å². The Hall–Kier alpha value is -3.60. The van der Waals surface area contributed by atoms with Gasteiger partial charge in [-0.3, -0.25) is 9.59 Å². The largest absolute Gasteiger partial charge is 0.491 e. The molecule has 0 aliphatic rings. The number of anilines is 1. The molecule has 3 rings (SSSR count). The van der Waals surface area contributed by atoms with Crippen LogP contribution in [0.4, 0.5) is 5.69 Å². The first kappa shape index (κ1) is 31.9. The molecule has 5 heteroatoms. The minimum atomic E-state index is -0.188. The maximum Gasteiger partial charge on any atom is 0.224 e. The van der Waals surface area contributed by atoms with E-state index in [0.717, 1.165) is 53.9 Å². The minimum Gasteiger partial charge on any atom is -0.491 e. The molecule has 0 fully saturated rings. The summed E-state index contributed by atoms with van der Waals surface area (Å²) in [6.07, 6.45) is 4.40. The van der Waals surface area contributed by atoms with Gasteiger partial charge in [0.15, 0.2) is 5.78 Å². The molecule has 0 heterocycles. The van der Waals surface area contributed by atoms with Gasteiger partial charge < -0.3 is 14.8 Å². The molecule has 0 aliphatic carbocycles. The molecule has 0 saturated carbocycles. The summed E-state index contributed by atoms with van der Waals surface area (Å²) in [7, 11) is 0. The van der Waals surface area contributed by atoms with Gasteiger partial charge in [0.25, 0.3) is 0 Å². The van der Waals surface area contributed by atoms with Gasteiger partial charge in [-0.05, 0) is 67.3 Å². The molecule has 41 heavy (non-hydrogen) atoms. The van der Waals surface area contributed by atoms with Crippen molar-refractivity contribution in [3.8, 4) is 11.5 Å². The smallest absolute Gasteiger partial charge is 0.224 e. The Morgan fingerprint density at radius 2 is 1.66 bits per heavy atom. The van der Waals surface area contributed by atoms with Gasteiger partial charge in [-0.2, -0.15) is 0 Å². The molecular weight excluding hydrogens is 510 g/mol. The average Bonchev–Trinajstić information content (AvgIpc) is 2.91. The van der Waals surface area contributed by atoms with Crippen LogP contribution in [0.3, 0.4) is 0 Å². The first-order chi connectivity index (χ1) is 19.5. The Labute approximate surface area is 246 Å². The van der Waals surface area contributed by atoms with E-state index in [1.807, 2.05) is 68.4 Å². The molecule has 0 radical (unpaired) electrons. The first-order valence-electron chi connectivity index (χ1n) is 14.9. The molecule has 220 valence electrons. The van der Waals surface area contributed by atoms with Crippen molar-refractivity contribution in [3.05, 3.63) is 89.0 Å². The van der Waals surface area contributed by atoms with Crippen LogP contribution in [-0.2, 0) is 16.8 Å². The van der Waals surface area contributed by atoms with Gasteiger partial charge in [0.05, 0.1) is 6.10 Å². The quantitative estimate of drug-likeness (QED) is 0.158. The molecule has 3 aromatic rings. The molecule has 1 amide bonds. The number of carbonyl (C=O) groups excluding carboxylic acids is 2. The third kappa shape index (κ3) is 9.77. The number of ketones is 1. The third-order valence-corrected chi connectivity index (χ3v) is 7.13. The van der Waals surface area contributed by atoms with Crippen molar-refractivity contribution in [2.45, 2.75) is 105 Å². The minimum absolute atomic E-state index is 0.0208. The van der Waals surface area contributed by atoms with Crippen molar-refractivity contribution in [1.82, 2.24) is 0 Å². The lowest BCUT2D eigenvalue weighted by molar-refractivity contribution is -0.116. The number of carbonyl (C=O) groups is 2. The van der Waals surface area contributed by atoms with Crippen molar-refractivity contribution in [1.29, 1.82) is 0 Å². The van der Waals surface area contributed by atoms with E-state index in [9.17, 15) is 9.59 Å². The van der Waals surface area contributed by atoms with Crippen LogP contribution in [0.25, 0.3) is 0 Å². The van der Waals surface area contributed by atoms with E-state index < -0.39 is 0 Å². The molecule has 0 bridgehead atoms. The van der Waals surface area contributed by atoms with Crippen LogP contribution in [0.2, 0.25) is 0 Å². The van der Waals surface area contributed by atoms with Crippen molar-refractivity contribution in [2.24, 2.45) is 0 Å². The third-order valence-electron chi connectivity index (χ3n) is 7.13. The number of nitrogens with one attached hydrogen (secondary N) is 1. The zero-order valence-corrected chi connectivity index (χ0v) is 25.9. The number of ether oxygens (including phenoxy) is 2. The highest BCUT2D eigenvalue weighted by atomic mass is 16.5. The normalized spacial score (nSPS) is 12.2. The second-order valence-corrected chi connectivity index (χ2v) is 12.2. The van der Waals surface area contributed by atoms with E-state index in [0.29, 0.717) is 24.3 Å². The number of amides is 1. The molecule has 1 N–H and O–H groups in total. The van der Waals surface area contributed by atoms with Crippen LogP contribution in [0.5, 0.6) is 11.5 Å². The number of Topliss-reactive ketones (excluding diaryl/α,β-unsaturated/α-hetero) is 1. The van der Waals surface area contributed by atoms with E-state index in [-0.39, 0.29) is 29.1 Å². The monoisotopic (exact) mass is 557 g/mol. The number of hydrogen-bond donors (Lipinski definition) is 1. The van der Waals surface area contributed by atoms with Gasteiger partial charge in [0, 0.05) is 23.7 Å². The fraction of sp³-hybridized carbons (Fsp3) is 0.444. The maximum absolute atomic E-state index is 13.6. The summed E-state index contributed by atoms with van der Waals surface area (Å²) < 4.78 is 12.4. The number of hydrogen-bond acceptors (Lipinski definition) is 4. The predicted molar refractivity (Wildman–Crippen MR) is 168 cm³/mol. The lowest BCUT2D eigenvalue weighted by Crippen LogP contribution is -2.21. The predicted octanol–water partition coefficient (Wildman–Crippen LogP) is 9.25. The number of benzene rings is 3. The van der Waals surface area contributed by atoms with Crippen LogP contribution in [0.1, 0.15) is 114 Å². The highest BCUT2D eigenvalue weighted by Gasteiger charge is 2.24. The van der Waals surface area contributed by atoms with Crippen molar-refractivity contribution in [3.63, 3.8) is 0 Å². The Morgan fingerprint density at radius 1 is 0.927 bits per heavy atom. The summed E-state index contributed by atoms with van der Waals surface area (Å²) in [6.45, 7) is 14.5. The van der Waals surface area contributed by atoms with E-state index in [2.05, 4.69) is 39.1 Å². The topological polar surface area (TPSA) is 64.6 Å². The zero-order chi connectivity index (χ0) is 30.0. The summed E-state index contributed by atoms with van der Waals surface area (Å²) in [4.78, 5) is 25.7. The van der Waals surface area contributed by atoms with Gasteiger partial charge >= 0.3 is 0 Å². The fourth-order valence-corrected chi connectivity index (χ4v) is 4.99. The molecular formula is C36H47NO4. The molecule has 0 aliphatic heterocycles. The fourth-order valence-electron chi connectivity index (χ4n) is 4.99. The highest BCUT2D eigenvalue weighted by molar-refractivity contribution is 5.98. The Bertz CT molecular complexity index is 1290. The molecule has 3 aromatic carbocycles. The first-order valence-corrected chi connectivity index (χ1v) is 14.9. The second-order valence-electron chi connectivity index (χ2n) is 12.2. The van der Waals surface area contributed by atoms with Crippen molar-refractivity contribution < 1.29 is 19.1 Å². The van der Waals surface area contributed by atoms with E-state index in [1.165, 1.54) is 0 Å². The van der Waals surface area contributed by atoms with Crippen LogP contribution in [0, 0.1) is 0 Å². The lowest BCUT2D eigenvalue weighted by Gasteiger charge is -2.25. The van der Waals surface area contributed by atoms with Gasteiger partial charge in [0.1, 0.15) is 18.1 Å². The maximum atomic E-state index is 13.6. The summed E-state index contributed by atoms with van der Waals surface area (Å²) in [5, 5.41) is 3.16. The van der Waals surface area contributed by atoms with E-state index in [1.54, 1.807) is 13.0 Å². The van der Waals surface area contributed by atoms with Crippen LogP contribution in [0.15, 0.2) is 66.7 Å². The van der Waals surface area contributed by atoms with Gasteiger partial charge in [-0.15, -0.1) is 0 Å². The molecule has 0 saturated heterocycles. The van der Waals surface area contributed by atoms with Crippen LogP contribution >= 0.6 is 0 Å². The Kier molecular flexibility index (Phi) is 11.6. The number of unbranched alkanes of at least 4 members (excludes halogenated alkanes) is 2. The molecule has 5 nitrogen and oxygen atoms in total. The lowest BCUT2D eigenvalue weighted by atomic mass is 9.84. The van der Waals surface area contributed by atoms with E-state index in [4.69, 9.17) is 9.47 Å². The average molecular weight is 558 g/mol. The van der Waals surface area contributed by atoms with Crippen LogP contribution < -0.4 is 14.8 Å². The zero-order valence-electron chi connectivity index (χ0n) is 25.9. The molecule has 0 spiro atoms. The van der Waals surface area contributed by atoms with Crippen molar-refractivity contribution in [2.75, 3.05) is 5.32 Å². The molecule has 1 atom stereocenters. The summed E-state index contributed by atoms with van der Waals surface area (Å²) in [5.41, 5.74) is 4.22. The summed E-state index contributed by atoms with van der Waals surface area (Å²) in [5.74, 6) is 1.38. The molecule has 1 unspecified atom stereocenters. The summed E-state index contributed by atoms with van der Waals surface area (Å²) in [6, 6.07) is 21.7. The summed E-state index contributed by atoms with van der Waals surface area (Å²) >= 11 is 0. The Morgan fingerprint density at radius 3 is 2.29 bits per heavy atom. The number of rotatable bonds is 14. The van der Waals surface area contributed by atoms with Gasteiger partial charge in [0.2, 0.25) is 5.91 Å². The van der Waals surface area contributed by atoms with Gasteiger partial charge in [-0.25, -0.2) is 0 Å². The SMILES string of the molecule is CCCCCC(CC(=O)Nc1cc(C(C)=O)ccc1C(C)(C)C)c1ccc(OCc2ccccc2)cc1OC(C)C.